The molecule has 2 rings (SSSR count). The molecule has 0 fully saturated rings. The third-order valence-corrected chi connectivity index (χ3v) is 4.08. The molecule has 0 N–H and O–H groups in total. The van der Waals surface area contributed by atoms with Crippen LogP contribution in [-0.2, 0) is 0 Å². The highest BCUT2D eigenvalue weighted by atomic mass is 79.9. The number of halogens is 2. The van der Waals surface area contributed by atoms with E-state index in [1.807, 2.05) is 32.0 Å². The van der Waals surface area contributed by atoms with Crippen LogP contribution in [0.4, 0.5) is 0 Å². The molecule has 0 aliphatic rings. The van der Waals surface area contributed by atoms with Gasteiger partial charge in [0.15, 0.2) is 5.75 Å². The van der Waals surface area contributed by atoms with Gasteiger partial charge in [0.2, 0.25) is 0 Å². The minimum atomic E-state index is 0.336. The Labute approximate surface area is 143 Å². The van der Waals surface area contributed by atoms with Gasteiger partial charge in [0, 0.05) is 5.02 Å². The molecular formula is C17H15BrClNO2. The van der Waals surface area contributed by atoms with E-state index in [0.29, 0.717) is 34.0 Å². The summed E-state index contributed by atoms with van der Waals surface area (Å²) in [7, 11) is 0. The van der Waals surface area contributed by atoms with Crippen LogP contribution in [0, 0.1) is 25.2 Å². The van der Waals surface area contributed by atoms with Crippen molar-refractivity contribution in [3.05, 3.63) is 56.5 Å². The van der Waals surface area contributed by atoms with Gasteiger partial charge in [-0.15, -0.1) is 0 Å². The molecule has 2 aromatic rings. The Morgan fingerprint density at radius 1 is 1.18 bits per heavy atom. The van der Waals surface area contributed by atoms with Crippen LogP contribution >= 0.6 is 27.5 Å². The van der Waals surface area contributed by atoms with E-state index >= 15 is 0 Å². The topological polar surface area (TPSA) is 42.2 Å². The molecule has 3 nitrogen and oxygen atoms in total. The molecule has 0 aliphatic carbocycles. The molecule has 0 spiro atoms. The zero-order valence-corrected chi connectivity index (χ0v) is 14.7. The largest absolute Gasteiger partial charge is 0.490 e. The molecule has 0 bridgehead atoms. The van der Waals surface area contributed by atoms with Gasteiger partial charge in [0.05, 0.1) is 10.0 Å². The van der Waals surface area contributed by atoms with Crippen molar-refractivity contribution in [3.8, 4) is 17.6 Å². The van der Waals surface area contributed by atoms with E-state index in [0.717, 1.165) is 11.3 Å². The second kappa shape index (κ2) is 7.53. The van der Waals surface area contributed by atoms with Crippen molar-refractivity contribution in [1.82, 2.24) is 0 Å². The van der Waals surface area contributed by atoms with Crippen LogP contribution in [0.15, 0.2) is 34.8 Å². The Balaban J connectivity index is 1.98. The molecule has 0 saturated heterocycles. The van der Waals surface area contributed by atoms with E-state index in [4.69, 9.17) is 26.3 Å². The summed E-state index contributed by atoms with van der Waals surface area (Å²) in [5.74, 6) is 1.33. The predicted molar refractivity (Wildman–Crippen MR) is 90.8 cm³/mol. The fraction of sp³-hybridized carbons (Fsp3) is 0.235. The minimum absolute atomic E-state index is 0.336. The summed E-state index contributed by atoms with van der Waals surface area (Å²) in [6.45, 7) is 4.80. The first-order chi connectivity index (χ1) is 10.5. The number of nitrogens with zero attached hydrogens (tertiary/aromatic N) is 1. The number of aryl methyl sites for hydroxylation is 1. The predicted octanol–water partition coefficient (Wildman–Crippen LogP) is 5.05. The smallest absolute Gasteiger partial charge is 0.151 e. The summed E-state index contributed by atoms with van der Waals surface area (Å²) in [4.78, 5) is 0. The molecule has 0 unspecified atom stereocenters. The lowest BCUT2D eigenvalue weighted by Crippen LogP contribution is -2.10. The highest BCUT2D eigenvalue weighted by molar-refractivity contribution is 9.10. The maximum Gasteiger partial charge on any atom is 0.151 e. The fourth-order valence-corrected chi connectivity index (χ4v) is 2.89. The first-order valence-corrected chi connectivity index (χ1v) is 7.91. The minimum Gasteiger partial charge on any atom is -0.490 e. The molecule has 0 saturated carbocycles. The second-order valence-electron chi connectivity index (χ2n) is 4.77. The van der Waals surface area contributed by atoms with Crippen LogP contribution in [-0.4, -0.2) is 13.2 Å². The van der Waals surface area contributed by atoms with E-state index in [2.05, 4.69) is 22.0 Å². The molecule has 114 valence electrons. The third kappa shape index (κ3) is 3.94. The molecule has 0 heterocycles. The average Bonchev–Trinajstić information content (AvgIpc) is 2.48. The van der Waals surface area contributed by atoms with E-state index < -0.39 is 0 Å². The molecule has 0 aliphatic heterocycles. The zero-order valence-electron chi connectivity index (χ0n) is 12.3. The van der Waals surface area contributed by atoms with Gasteiger partial charge in [-0.2, -0.15) is 5.26 Å². The molecule has 2 aromatic carbocycles. The number of ether oxygens (including phenoxy) is 2. The van der Waals surface area contributed by atoms with Crippen LogP contribution in [0.3, 0.4) is 0 Å². The van der Waals surface area contributed by atoms with E-state index in [9.17, 15) is 0 Å². The Morgan fingerprint density at radius 2 is 1.91 bits per heavy atom. The van der Waals surface area contributed by atoms with E-state index in [1.165, 1.54) is 5.56 Å². The van der Waals surface area contributed by atoms with Crippen molar-refractivity contribution < 1.29 is 9.47 Å². The lowest BCUT2D eigenvalue weighted by atomic mass is 10.1. The average molecular weight is 381 g/mol. The molecule has 0 radical (unpaired) electrons. The summed E-state index contributed by atoms with van der Waals surface area (Å²) in [5.41, 5.74) is 2.70. The molecule has 22 heavy (non-hydrogen) atoms. The monoisotopic (exact) mass is 379 g/mol. The first kappa shape index (κ1) is 16.7. The summed E-state index contributed by atoms with van der Waals surface area (Å²) < 4.78 is 12.0. The van der Waals surface area contributed by atoms with Crippen molar-refractivity contribution in [2.75, 3.05) is 13.2 Å². The van der Waals surface area contributed by atoms with Crippen LogP contribution in [0.1, 0.15) is 16.7 Å². The van der Waals surface area contributed by atoms with Crippen molar-refractivity contribution in [3.63, 3.8) is 0 Å². The van der Waals surface area contributed by atoms with Crippen LogP contribution in [0.5, 0.6) is 11.5 Å². The summed E-state index contributed by atoms with van der Waals surface area (Å²) in [5, 5.41) is 9.62. The lowest BCUT2D eigenvalue weighted by molar-refractivity contribution is 0.215. The molecule has 0 aromatic heterocycles. The number of benzene rings is 2. The highest BCUT2D eigenvalue weighted by Gasteiger charge is 2.10. The lowest BCUT2D eigenvalue weighted by Gasteiger charge is -2.13. The quantitative estimate of drug-likeness (QED) is 0.682. The van der Waals surface area contributed by atoms with Gasteiger partial charge in [-0.1, -0.05) is 23.7 Å². The van der Waals surface area contributed by atoms with E-state index in [-0.39, 0.29) is 0 Å². The van der Waals surface area contributed by atoms with Gasteiger partial charge in [-0.3, -0.25) is 0 Å². The Bertz CT molecular complexity index is 725. The number of hydrogen-bond acceptors (Lipinski definition) is 3. The maximum absolute atomic E-state index is 9.13. The molecule has 0 amide bonds. The van der Waals surface area contributed by atoms with Gasteiger partial charge >= 0.3 is 0 Å². The van der Waals surface area contributed by atoms with Gasteiger partial charge in [0.1, 0.15) is 25.0 Å². The zero-order chi connectivity index (χ0) is 16.1. The molecule has 0 atom stereocenters. The van der Waals surface area contributed by atoms with Crippen molar-refractivity contribution in [1.29, 1.82) is 5.26 Å². The number of hydrogen-bond donors (Lipinski definition) is 0. The second-order valence-corrected chi connectivity index (χ2v) is 6.06. The van der Waals surface area contributed by atoms with Crippen molar-refractivity contribution in [2.45, 2.75) is 13.8 Å². The Kier molecular flexibility index (Phi) is 5.70. The van der Waals surface area contributed by atoms with Gasteiger partial charge in [0.25, 0.3) is 0 Å². The van der Waals surface area contributed by atoms with E-state index in [1.54, 1.807) is 12.1 Å². The van der Waals surface area contributed by atoms with Crippen LogP contribution in [0.2, 0.25) is 5.02 Å². The number of rotatable bonds is 5. The van der Waals surface area contributed by atoms with Gasteiger partial charge < -0.3 is 9.47 Å². The Hall–Kier alpha value is -1.70. The van der Waals surface area contributed by atoms with Crippen LogP contribution < -0.4 is 9.47 Å². The third-order valence-electron chi connectivity index (χ3n) is 3.27. The summed E-state index contributed by atoms with van der Waals surface area (Å²) in [6, 6.07) is 11.3. The summed E-state index contributed by atoms with van der Waals surface area (Å²) >= 11 is 9.27. The Morgan fingerprint density at radius 3 is 2.64 bits per heavy atom. The highest BCUT2D eigenvalue weighted by Crippen LogP contribution is 2.32. The fourth-order valence-electron chi connectivity index (χ4n) is 1.97. The first-order valence-electron chi connectivity index (χ1n) is 6.74. The SMILES string of the molecule is Cc1cccc(OCCOc2c(Br)cc(Cl)cc2C#N)c1C. The van der Waals surface area contributed by atoms with Gasteiger partial charge in [-0.25, -0.2) is 0 Å². The molecule has 5 heteroatoms. The maximum atomic E-state index is 9.13. The van der Waals surface area contributed by atoms with Crippen molar-refractivity contribution >= 4 is 27.5 Å². The number of nitriles is 1. The standard InChI is InChI=1S/C17H15BrClNO2/c1-11-4-3-5-16(12(11)2)21-6-7-22-17-13(10-20)8-14(19)9-15(17)18/h3-5,8-9H,6-7H2,1-2H3. The molecular weight excluding hydrogens is 366 g/mol. The van der Waals surface area contributed by atoms with Crippen molar-refractivity contribution in [2.24, 2.45) is 0 Å². The normalized spacial score (nSPS) is 10.1. The summed E-state index contributed by atoms with van der Waals surface area (Å²) in [6.07, 6.45) is 0. The van der Waals surface area contributed by atoms with Gasteiger partial charge in [-0.05, 0) is 59.1 Å². The van der Waals surface area contributed by atoms with Crippen LogP contribution in [0.25, 0.3) is 0 Å².